The van der Waals surface area contributed by atoms with Crippen LogP contribution in [0.3, 0.4) is 0 Å². The molecule has 0 aliphatic heterocycles. The predicted octanol–water partition coefficient (Wildman–Crippen LogP) is 5.59. The second kappa shape index (κ2) is 6.70. The monoisotopic (exact) mass is 302 g/mol. The zero-order valence-electron chi connectivity index (χ0n) is 13.7. The van der Waals surface area contributed by atoms with Gasteiger partial charge in [-0.2, -0.15) is 0 Å². The minimum atomic E-state index is -0.0238. The Hall–Kier alpha value is -2.54. The number of hydrogen-bond donors (Lipinski definition) is 0. The minimum absolute atomic E-state index is 0.0238. The van der Waals surface area contributed by atoms with Crippen molar-refractivity contribution in [2.75, 3.05) is 0 Å². The summed E-state index contributed by atoms with van der Waals surface area (Å²) in [6.45, 7) is 5.11. The van der Waals surface area contributed by atoms with Gasteiger partial charge in [0, 0.05) is 5.41 Å². The molecule has 0 heterocycles. The van der Waals surface area contributed by atoms with Crippen molar-refractivity contribution in [2.24, 2.45) is 0 Å². The molecule has 0 saturated carbocycles. The van der Waals surface area contributed by atoms with Crippen LogP contribution in [0, 0.1) is 0 Å². The van der Waals surface area contributed by atoms with Crippen LogP contribution in [0.4, 0.5) is 0 Å². The van der Waals surface area contributed by atoms with Crippen LogP contribution in [-0.4, -0.2) is 0 Å². The highest BCUT2D eigenvalue weighted by Crippen LogP contribution is 2.31. The maximum Gasteiger partial charge on any atom is 0.119 e. The lowest BCUT2D eigenvalue weighted by molar-refractivity contribution is 0.306. The zero-order chi connectivity index (χ0) is 16.1. The molecule has 0 aromatic heterocycles. The average Bonchev–Trinajstić information content (AvgIpc) is 2.62. The fourth-order valence-electron chi connectivity index (χ4n) is 2.75. The molecule has 0 atom stereocenters. The van der Waals surface area contributed by atoms with E-state index in [4.69, 9.17) is 4.74 Å². The van der Waals surface area contributed by atoms with E-state index in [9.17, 15) is 0 Å². The summed E-state index contributed by atoms with van der Waals surface area (Å²) in [7, 11) is 0. The number of para-hydroxylation sites is 1. The van der Waals surface area contributed by atoms with Crippen LogP contribution in [0.1, 0.15) is 30.5 Å². The van der Waals surface area contributed by atoms with Crippen molar-refractivity contribution in [1.29, 1.82) is 0 Å². The highest BCUT2D eigenvalue weighted by molar-refractivity contribution is 5.39. The van der Waals surface area contributed by atoms with Crippen molar-refractivity contribution in [2.45, 2.75) is 25.9 Å². The van der Waals surface area contributed by atoms with Gasteiger partial charge in [0.1, 0.15) is 12.4 Å². The standard InChI is InChI=1S/C22H22O/c1-22(2,19-11-5-3-6-12-19)20-13-9-10-18(16-20)17-23-21-14-7-4-8-15-21/h3-16H,17H2,1-2H3. The molecule has 3 rings (SSSR count). The van der Waals surface area contributed by atoms with Crippen molar-refractivity contribution in [3.05, 3.63) is 102 Å². The SMILES string of the molecule is CC(C)(c1ccccc1)c1cccc(COc2ccccc2)c1. The molecule has 0 amide bonds. The Kier molecular flexibility index (Phi) is 4.47. The highest BCUT2D eigenvalue weighted by atomic mass is 16.5. The quantitative estimate of drug-likeness (QED) is 0.597. The van der Waals surface area contributed by atoms with Gasteiger partial charge in [0.2, 0.25) is 0 Å². The molecule has 0 fully saturated rings. The molecule has 3 aromatic rings. The zero-order valence-corrected chi connectivity index (χ0v) is 13.7. The van der Waals surface area contributed by atoms with E-state index < -0.39 is 0 Å². The Morgan fingerprint density at radius 1 is 0.696 bits per heavy atom. The van der Waals surface area contributed by atoms with Crippen LogP contribution in [0.5, 0.6) is 5.75 Å². The summed E-state index contributed by atoms with van der Waals surface area (Å²) < 4.78 is 5.87. The topological polar surface area (TPSA) is 9.23 Å². The summed E-state index contributed by atoms with van der Waals surface area (Å²) in [5.41, 5.74) is 3.79. The fourth-order valence-corrected chi connectivity index (χ4v) is 2.75. The second-order valence-corrected chi connectivity index (χ2v) is 6.29. The first-order valence-corrected chi connectivity index (χ1v) is 7.99. The van der Waals surface area contributed by atoms with Gasteiger partial charge in [-0.3, -0.25) is 0 Å². The van der Waals surface area contributed by atoms with Crippen LogP contribution in [-0.2, 0) is 12.0 Å². The van der Waals surface area contributed by atoms with Gasteiger partial charge in [-0.15, -0.1) is 0 Å². The van der Waals surface area contributed by atoms with E-state index in [2.05, 4.69) is 68.4 Å². The van der Waals surface area contributed by atoms with Gasteiger partial charge in [0.15, 0.2) is 0 Å². The van der Waals surface area contributed by atoms with Crippen molar-refractivity contribution < 1.29 is 4.74 Å². The van der Waals surface area contributed by atoms with E-state index in [1.54, 1.807) is 0 Å². The molecule has 3 aromatic carbocycles. The molecule has 0 radical (unpaired) electrons. The second-order valence-electron chi connectivity index (χ2n) is 6.29. The molecule has 0 saturated heterocycles. The van der Waals surface area contributed by atoms with Gasteiger partial charge < -0.3 is 4.74 Å². The van der Waals surface area contributed by atoms with Crippen molar-refractivity contribution in [3.63, 3.8) is 0 Å². The number of benzene rings is 3. The largest absolute Gasteiger partial charge is 0.489 e. The number of hydrogen-bond acceptors (Lipinski definition) is 1. The lowest BCUT2D eigenvalue weighted by atomic mass is 9.78. The van der Waals surface area contributed by atoms with Gasteiger partial charge in [0.25, 0.3) is 0 Å². The summed E-state index contributed by atoms with van der Waals surface area (Å²) >= 11 is 0. The summed E-state index contributed by atoms with van der Waals surface area (Å²) in [6, 6.07) is 29.2. The maximum atomic E-state index is 5.87. The van der Waals surface area contributed by atoms with E-state index >= 15 is 0 Å². The summed E-state index contributed by atoms with van der Waals surface area (Å²) in [6.07, 6.45) is 0. The Labute approximate surface area is 138 Å². The minimum Gasteiger partial charge on any atom is -0.489 e. The smallest absolute Gasteiger partial charge is 0.119 e. The third-order valence-corrected chi connectivity index (χ3v) is 4.29. The molecule has 1 nitrogen and oxygen atoms in total. The Bertz CT molecular complexity index is 745. The number of ether oxygens (including phenoxy) is 1. The fraction of sp³-hybridized carbons (Fsp3) is 0.182. The molecule has 0 N–H and O–H groups in total. The van der Waals surface area contributed by atoms with E-state index in [1.807, 2.05) is 30.3 Å². The third-order valence-electron chi connectivity index (χ3n) is 4.29. The first kappa shape index (κ1) is 15.4. The van der Waals surface area contributed by atoms with Crippen LogP contribution < -0.4 is 4.74 Å². The molecule has 1 heteroatoms. The van der Waals surface area contributed by atoms with Crippen LogP contribution >= 0.6 is 0 Å². The summed E-state index contributed by atoms with van der Waals surface area (Å²) in [4.78, 5) is 0. The van der Waals surface area contributed by atoms with Crippen LogP contribution in [0.2, 0.25) is 0 Å². The molecule has 0 spiro atoms. The van der Waals surface area contributed by atoms with Crippen molar-refractivity contribution >= 4 is 0 Å². The normalized spacial score (nSPS) is 11.2. The van der Waals surface area contributed by atoms with E-state index in [0.29, 0.717) is 6.61 Å². The first-order valence-electron chi connectivity index (χ1n) is 7.99. The first-order chi connectivity index (χ1) is 11.2. The highest BCUT2D eigenvalue weighted by Gasteiger charge is 2.22. The van der Waals surface area contributed by atoms with Crippen molar-refractivity contribution in [3.8, 4) is 5.75 Å². The molecule has 23 heavy (non-hydrogen) atoms. The third kappa shape index (κ3) is 3.62. The lowest BCUT2D eigenvalue weighted by Gasteiger charge is -2.26. The van der Waals surface area contributed by atoms with Gasteiger partial charge in [0.05, 0.1) is 0 Å². The van der Waals surface area contributed by atoms with E-state index in [-0.39, 0.29) is 5.41 Å². The van der Waals surface area contributed by atoms with Gasteiger partial charge in [-0.05, 0) is 28.8 Å². The molecular formula is C22H22O. The molecule has 0 unspecified atom stereocenters. The van der Waals surface area contributed by atoms with Crippen LogP contribution in [0.25, 0.3) is 0 Å². The van der Waals surface area contributed by atoms with Gasteiger partial charge in [-0.25, -0.2) is 0 Å². The Balaban J connectivity index is 1.80. The molecule has 0 aliphatic rings. The maximum absolute atomic E-state index is 5.87. The van der Waals surface area contributed by atoms with E-state index in [1.165, 1.54) is 16.7 Å². The molecule has 116 valence electrons. The van der Waals surface area contributed by atoms with Gasteiger partial charge in [-0.1, -0.05) is 86.6 Å². The summed E-state index contributed by atoms with van der Waals surface area (Å²) in [5, 5.41) is 0. The van der Waals surface area contributed by atoms with Crippen molar-refractivity contribution in [1.82, 2.24) is 0 Å². The molecule has 0 bridgehead atoms. The average molecular weight is 302 g/mol. The Morgan fingerprint density at radius 3 is 2.00 bits per heavy atom. The molecular weight excluding hydrogens is 280 g/mol. The predicted molar refractivity (Wildman–Crippen MR) is 95.8 cm³/mol. The number of rotatable bonds is 5. The van der Waals surface area contributed by atoms with E-state index in [0.717, 1.165) is 5.75 Å². The molecule has 0 aliphatic carbocycles. The Morgan fingerprint density at radius 2 is 1.30 bits per heavy atom. The lowest BCUT2D eigenvalue weighted by Crippen LogP contribution is -2.19. The summed E-state index contributed by atoms with van der Waals surface area (Å²) in [5.74, 6) is 0.903. The van der Waals surface area contributed by atoms with Crippen LogP contribution in [0.15, 0.2) is 84.9 Å². The van der Waals surface area contributed by atoms with Gasteiger partial charge >= 0.3 is 0 Å².